The zero-order chi connectivity index (χ0) is 25.6. The van der Waals surface area contributed by atoms with Crippen molar-refractivity contribution < 1.29 is 22.7 Å². The fourth-order valence-electron chi connectivity index (χ4n) is 3.22. The molecule has 35 heavy (non-hydrogen) atoms. The van der Waals surface area contributed by atoms with Gasteiger partial charge >= 0.3 is 0 Å². The molecule has 3 aromatic rings. The van der Waals surface area contributed by atoms with Gasteiger partial charge in [0.2, 0.25) is 0 Å². The highest BCUT2D eigenvalue weighted by molar-refractivity contribution is 9.10. The number of rotatable bonds is 9. The monoisotopic (exact) mass is 559 g/mol. The molecule has 0 aromatic heterocycles. The van der Waals surface area contributed by atoms with Gasteiger partial charge in [0.15, 0.2) is 11.5 Å². The van der Waals surface area contributed by atoms with Gasteiger partial charge in [-0.2, -0.15) is 5.10 Å². The van der Waals surface area contributed by atoms with Crippen LogP contribution in [0.3, 0.4) is 0 Å². The third kappa shape index (κ3) is 6.40. The maximum atomic E-state index is 13.6. The molecule has 0 bridgehead atoms. The molecule has 0 radical (unpaired) electrons. The SMILES string of the molecule is COc1ccc(N(CC(=O)N/N=C(/C)c2cccc(Br)c2)S(=O)(=O)c2ccc(C)cc2)cc1OC. The number of nitrogens with zero attached hydrogens (tertiary/aromatic N) is 2. The second-order valence-corrected chi connectivity index (χ2v) is 10.4. The number of ether oxygens (including phenoxy) is 2. The van der Waals surface area contributed by atoms with Crippen molar-refractivity contribution in [1.29, 1.82) is 0 Å². The molecule has 3 aromatic carbocycles. The van der Waals surface area contributed by atoms with Gasteiger partial charge in [-0.1, -0.05) is 45.8 Å². The first-order chi connectivity index (χ1) is 16.6. The standard InChI is InChI=1S/C25H26BrN3O5S/c1-17-8-11-22(12-9-17)35(31,32)29(21-10-13-23(33-3)24(15-21)34-4)16-25(30)28-27-18(2)19-6-5-7-20(26)14-19/h5-15H,16H2,1-4H3,(H,28,30)/b27-18-. The third-order valence-electron chi connectivity index (χ3n) is 5.14. The Labute approximate surface area is 213 Å². The van der Waals surface area contributed by atoms with E-state index in [0.29, 0.717) is 17.2 Å². The van der Waals surface area contributed by atoms with Crippen LogP contribution >= 0.6 is 15.9 Å². The van der Waals surface area contributed by atoms with Crippen molar-refractivity contribution in [2.45, 2.75) is 18.7 Å². The Kier molecular flexibility index (Phi) is 8.52. The number of aryl methyl sites for hydroxylation is 1. The number of benzene rings is 3. The Morgan fingerprint density at radius 3 is 2.31 bits per heavy atom. The number of carbonyl (C=O) groups is 1. The fourth-order valence-corrected chi connectivity index (χ4v) is 5.03. The van der Waals surface area contributed by atoms with Crippen LogP contribution in [0.5, 0.6) is 11.5 Å². The summed E-state index contributed by atoms with van der Waals surface area (Å²) < 4.78 is 39.6. The Bertz CT molecular complexity index is 1340. The van der Waals surface area contributed by atoms with Gasteiger partial charge in [-0.05, 0) is 55.8 Å². The van der Waals surface area contributed by atoms with Gasteiger partial charge in [0, 0.05) is 10.5 Å². The predicted octanol–water partition coefficient (Wildman–Crippen LogP) is 4.51. The van der Waals surface area contributed by atoms with E-state index >= 15 is 0 Å². The molecule has 184 valence electrons. The highest BCUT2D eigenvalue weighted by atomic mass is 79.9. The highest BCUT2D eigenvalue weighted by Crippen LogP contribution is 2.33. The number of hydrazone groups is 1. The number of methoxy groups -OCH3 is 2. The number of halogens is 1. The van der Waals surface area contributed by atoms with Crippen LogP contribution in [0.4, 0.5) is 5.69 Å². The van der Waals surface area contributed by atoms with Crippen molar-refractivity contribution in [2.24, 2.45) is 5.10 Å². The minimum atomic E-state index is -4.09. The third-order valence-corrected chi connectivity index (χ3v) is 7.42. The summed E-state index contributed by atoms with van der Waals surface area (Å²) in [6, 6.07) is 18.5. The van der Waals surface area contributed by atoms with Gasteiger partial charge in [-0.3, -0.25) is 9.10 Å². The first-order valence-corrected chi connectivity index (χ1v) is 12.8. The minimum Gasteiger partial charge on any atom is -0.493 e. The molecular formula is C25H26BrN3O5S. The van der Waals surface area contributed by atoms with Crippen LogP contribution in [0.15, 0.2) is 81.2 Å². The van der Waals surface area contributed by atoms with Gasteiger partial charge in [-0.25, -0.2) is 13.8 Å². The minimum absolute atomic E-state index is 0.0551. The summed E-state index contributed by atoms with van der Waals surface area (Å²) in [7, 11) is -1.15. The molecule has 1 N–H and O–H groups in total. The van der Waals surface area contributed by atoms with Crippen molar-refractivity contribution >= 4 is 43.3 Å². The average Bonchev–Trinajstić information content (AvgIpc) is 2.85. The van der Waals surface area contributed by atoms with Crippen LogP contribution in [-0.2, 0) is 14.8 Å². The first kappa shape index (κ1) is 26.2. The molecule has 8 nitrogen and oxygen atoms in total. The van der Waals surface area contributed by atoms with Gasteiger partial charge in [0.1, 0.15) is 6.54 Å². The van der Waals surface area contributed by atoms with E-state index in [-0.39, 0.29) is 10.6 Å². The fraction of sp³-hybridized carbons (Fsp3) is 0.200. The molecule has 0 aliphatic rings. The molecule has 10 heteroatoms. The summed E-state index contributed by atoms with van der Waals surface area (Å²) in [4.78, 5) is 12.9. The van der Waals surface area contributed by atoms with E-state index < -0.39 is 22.5 Å². The predicted molar refractivity (Wildman–Crippen MR) is 140 cm³/mol. The summed E-state index contributed by atoms with van der Waals surface area (Å²) in [5.74, 6) is 0.158. The summed E-state index contributed by atoms with van der Waals surface area (Å²) >= 11 is 3.40. The number of carbonyl (C=O) groups excluding carboxylic acids is 1. The quantitative estimate of drug-likeness (QED) is 0.307. The summed E-state index contributed by atoms with van der Waals surface area (Å²) in [5.41, 5.74) is 4.99. The number of amides is 1. The van der Waals surface area contributed by atoms with Crippen molar-refractivity contribution in [1.82, 2.24) is 5.43 Å². The molecule has 0 unspecified atom stereocenters. The summed E-state index contributed by atoms with van der Waals surface area (Å²) in [6.07, 6.45) is 0. The number of sulfonamides is 1. The largest absolute Gasteiger partial charge is 0.493 e. The molecule has 0 aliphatic carbocycles. The molecule has 0 spiro atoms. The molecule has 0 aliphatic heterocycles. The van der Waals surface area contributed by atoms with Gasteiger partial charge in [0.25, 0.3) is 15.9 Å². The number of hydrogen-bond acceptors (Lipinski definition) is 6. The van der Waals surface area contributed by atoms with Crippen LogP contribution < -0.4 is 19.2 Å². The Balaban J connectivity index is 1.94. The van der Waals surface area contributed by atoms with E-state index in [0.717, 1.165) is 19.9 Å². The van der Waals surface area contributed by atoms with E-state index in [4.69, 9.17) is 9.47 Å². The normalized spacial score (nSPS) is 11.6. The van der Waals surface area contributed by atoms with Crippen molar-refractivity contribution in [2.75, 3.05) is 25.1 Å². The van der Waals surface area contributed by atoms with Crippen LogP contribution in [-0.4, -0.2) is 40.8 Å². The molecule has 0 fully saturated rings. The van der Waals surface area contributed by atoms with Gasteiger partial charge < -0.3 is 9.47 Å². The van der Waals surface area contributed by atoms with Crippen molar-refractivity contribution in [3.8, 4) is 11.5 Å². The Morgan fingerprint density at radius 2 is 1.69 bits per heavy atom. The van der Waals surface area contributed by atoms with E-state index in [2.05, 4.69) is 26.5 Å². The maximum Gasteiger partial charge on any atom is 0.264 e. The molecule has 1 amide bonds. The second-order valence-electron chi connectivity index (χ2n) is 7.61. The van der Waals surface area contributed by atoms with E-state index in [9.17, 15) is 13.2 Å². The number of anilines is 1. The highest BCUT2D eigenvalue weighted by Gasteiger charge is 2.28. The maximum absolute atomic E-state index is 13.6. The summed E-state index contributed by atoms with van der Waals surface area (Å²) in [6.45, 7) is 3.11. The number of nitrogens with one attached hydrogen (secondary N) is 1. The van der Waals surface area contributed by atoms with Crippen molar-refractivity contribution in [3.05, 3.63) is 82.3 Å². The molecule has 0 atom stereocenters. The van der Waals surface area contributed by atoms with E-state index in [1.807, 2.05) is 31.2 Å². The van der Waals surface area contributed by atoms with Gasteiger partial charge in [0.05, 0.1) is 30.5 Å². The lowest BCUT2D eigenvalue weighted by Crippen LogP contribution is -2.39. The zero-order valence-electron chi connectivity index (χ0n) is 19.8. The van der Waals surface area contributed by atoms with Gasteiger partial charge in [-0.15, -0.1) is 0 Å². The topological polar surface area (TPSA) is 97.3 Å². The smallest absolute Gasteiger partial charge is 0.264 e. The Hall–Kier alpha value is -3.37. The van der Waals surface area contributed by atoms with E-state index in [1.54, 1.807) is 31.2 Å². The van der Waals surface area contributed by atoms with Crippen LogP contribution in [0.1, 0.15) is 18.1 Å². The number of hydrogen-bond donors (Lipinski definition) is 1. The summed E-state index contributed by atoms with van der Waals surface area (Å²) in [5, 5.41) is 4.14. The molecule has 0 saturated carbocycles. The lowest BCUT2D eigenvalue weighted by atomic mass is 10.1. The van der Waals surface area contributed by atoms with Crippen LogP contribution in [0.25, 0.3) is 0 Å². The molecule has 0 saturated heterocycles. The zero-order valence-corrected chi connectivity index (χ0v) is 22.2. The lowest BCUT2D eigenvalue weighted by molar-refractivity contribution is -0.119. The van der Waals surface area contributed by atoms with Crippen LogP contribution in [0, 0.1) is 6.92 Å². The average molecular weight is 560 g/mol. The van der Waals surface area contributed by atoms with Crippen molar-refractivity contribution in [3.63, 3.8) is 0 Å². The first-order valence-electron chi connectivity index (χ1n) is 10.6. The van der Waals surface area contributed by atoms with Crippen LogP contribution in [0.2, 0.25) is 0 Å². The Morgan fingerprint density at radius 1 is 1.00 bits per heavy atom. The molecule has 3 rings (SSSR count). The molecule has 0 heterocycles. The lowest BCUT2D eigenvalue weighted by Gasteiger charge is -2.24. The molecular weight excluding hydrogens is 534 g/mol. The van der Waals surface area contributed by atoms with E-state index in [1.165, 1.54) is 32.4 Å². The second kappa shape index (κ2) is 11.4.